The first-order chi connectivity index (χ1) is 14.9. The van der Waals surface area contributed by atoms with Gasteiger partial charge in [0.25, 0.3) is 5.91 Å². The normalized spacial score (nSPS) is 10.8. The number of amides is 1. The van der Waals surface area contributed by atoms with Crippen LogP contribution in [0.5, 0.6) is 11.5 Å². The number of benzene rings is 2. The highest BCUT2D eigenvalue weighted by Gasteiger charge is 2.16. The van der Waals surface area contributed by atoms with Crippen LogP contribution in [0.1, 0.15) is 27.2 Å². The number of carbonyl (C=O) groups is 2. The van der Waals surface area contributed by atoms with Crippen LogP contribution >= 0.6 is 0 Å². The molecule has 0 saturated carbocycles. The lowest BCUT2D eigenvalue weighted by atomic mass is 10.1. The summed E-state index contributed by atoms with van der Waals surface area (Å²) < 4.78 is 15.6. The highest BCUT2D eigenvalue weighted by Crippen LogP contribution is 2.30. The zero-order valence-electron chi connectivity index (χ0n) is 17.3. The summed E-state index contributed by atoms with van der Waals surface area (Å²) in [5.74, 6) is -0.699. The van der Waals surface area contributed by atoms with E-state index in [4.69, 9.17) is 13.9 Å². The third-order valence-corrected chi connectivity index (χ3v) is 4.55. The lowest BCUT2D eigenvalue weighted by Crippen LogP contribution is -2.13. The Morgan fingerprint density at radius 2 is 1.87 bits per heavy atom. The fraction of sp³-hybridized carbons (Fsp3) is 0.125. The van der Waals surface area contributed by atoms with Gasteiger partial charge in [0.1, 0.15) is 11.6 Å². The lowest BCUT2D eigenvalue weighted by Gasteiger charge is -2.10. The number of carbonyl (C=O) groups excluding carboxylic acids is 2. The van der Waals surface area contributed by atoms with Crippen molar-refractivity contribution in [2.45, 2.75) is 13.8 Å². The fourth-order valence-electron chi connectivity index (χ4n) is 2.74. The maximum Gasteiger partial charge on any atom is 0.379 e. The van der Waals surface area contributed by atoms with E-state index in [-0.39, 0.29) is 22.8 Å². The number of nitrogens with zero attached hydrogens (tertiary/aromatic N) is 1. The molecule has 0 unspecified atom stereocenters. The molecule has 0 radical (unpaired) electrons. The van der Waals surface area contributed by atoms with Crippen molar-refractivity contribution in [3.8, 4) is 17.6 Å². The lowest BCUT2D eigenvalue weighted by molar-refractivity contribution is -0.112. The molecule has 0 aliphatic rings. The second-order valence-corrected chi connectivity index (χ2v) is 6.70. The van der Waals surface area contributed by atoms with Crippen molar-refractivity contribution in [3.63, 3.8) is 0 Å². The van der Waals surface area contributed by atoms with E-state index < -0.39 is 11.9 Å². The first-order valence-electron chi connectivity index (χ1n) is 9.35. The highest BCUT2D eigenvalue weighted by atomic mass is 16.6. The van der Waals surface area contributed by atoms with Crippen LogP contribution in [-0.4, -0.2) is 19.0 Å². The summed E-state index contributed by atoms with van der Waals surface area (Å²) in [4.78, 5) is 24.6. The molecule has 1 N–H and O–H groups in total. The topological polar surface area (TPSA) is 102 Å². The first kappa shape index (κ1) is 21.4. The third-order valence-electron chi connectivity index (χ3n) is 4.55. The van der Waals surface area contributed by atoms with Crippen LogP contribution in [0.15, 0.2) is 64.8 Å². The fourth-order valence-corrected chi connectivity index (χ4v) is 2.74. The number of aryl methyl sites for hydroxylation is 2. The van der Waals surface area contributed by atoms with Crippen molar-refractivity contribution in [1.82, 2.24) is 0 Å². The van der Waals surface area contributed by atoms with Crippen molar-refractivity contribution in [2.24, 2.45) is 0 Å². The number of anilines is 1. The number of hydrogen-bond acceptors (Lipinski definition) is 6. The van der Waals surface area contributed by atoms with Crippen LogP contribution in [0.25, 0.3) is 6.08 Å². The number of methoxy groups -OCH3 is 1. The second-order valence-electron chi connectivity index (χ2n) is 6.70. The molecule has 2 aromatic carbocycles. The van der Waals surface area contributed by atoms with Crippen LogP contribution < -0.4 is 14.8 Å². The van der Waals surface area contributed by atoms with Gasteiger partial charge in [-0.3, -0.25) is 4.79 Å². The molecule has 156 valence electrons. The highest BCUT2D eigenvalue weighted by molar-refractivity contribution is 6.09. The Hall–Kier alpha value is -4.31. The van der Waals surface area contributed by atoms with E-state index in [1.165, 1.54) is 31.6 Å². The number of nitriles is 1. The molecule has 7 heteroatoms. The van der Waals surface area contributed by atoms with Gasteiger partial charge >= 0.3 is 5.97 Å². The van der Waals surface area contributed by atoms with Crippen LogP contribution in [0.2, 0.25) is 0 Å². The van der Waals surface area contributed by atoms with E-state index >= 15 is 0 Å². The zero-order chi connectivity index (χ0) is 22.4. The molecule has 0 aliphatic heterocycles. The molecule has 0 aliphatic carbocycles. The minimum absolute atomic E-state index is 0.0563. The SMILES string of the molecule is COc1cc(/C=C(\C#N)C(=O)Nc2ccc(C)c(C)c2)ccc1OC(=O)c1ccco1. The number of esters is 1. The molecular formula is C24H20N2O5. The molecule has 1 heterocycles. The van der Waals surface area contributed by atoms with Gasteiger partial charge < -0.3 is 19.2 Å². The number of rotatable bonds is 6. The second kappa shape index (κ2) is 9.46. The number of nitrogens with one attached hydrogen (secondary N) is 1. The average Bonchev–Trinajstić information content (AvgIpc) is 3.30. The predicted octanol–water partition coefficient (Wildman–Crippen LogP) is 4.67. The van der Waals surface area contributed by atoms with E-state index in [0.29, 0.717) is 11.3 Å². The van der Waals surface area contributed by atoms with E-state index in [1.807, 2.05) is 32.0 Å². The van der Waals surface area contributed by atoms with Crippen molar-refractivity contribution in [3.05, 3.63) is 82.8 Å². The van der Waals surface area contributed by atoms with Gasteiger partial charge in [-0.15, -0.1) is 0 Å². The van der Waals surface area contributed by atoms with Gasteiger partial charge in [0.2, 0.25) is 5.76 Å². The molecule has 3 rings (SSSR count). The zero-order valence-corrected chi connectivity index (χ0v) is 17.3. The van der Waals surface area contributed by atoms with Crippen LogP contribution in [-0.2, 0) is 4.79 Å². The molecule has 1 amide bonds. The van der Waals surface area contributed by atoms with E-state index in [1.54, 1.807) is 24.3 Å². The monoisotopic (exact) mass is 416 g/mol. The molecule has 0 atom stereocenters. The summed E-state index contributed by atoms with van der Waals surface area (Å²) in [5, 5.41) is 12.2. The number of furan rings is 1. The van der Waals surface area contributed by atoms with Crippen molar-refractivity contribution in [1.29, 1.82) is 5.26 Å². The summed E-state index contributed by atoms with van der Waals surface area (Å²) in [6, 6.07) is 15.2. The molecular weight excluding hydrogens is 396 g/mol. The summed E-state index contributed by atoms with van der Waals surface area (Å²) in [5.41, 5.74) is 3.19. The maximum absolute atomic E-state index is 12.5. The minimum atomic E-state index is -0.669. The maximum atomic E-state index is 12.5. The molecule has 0 saturated heterocycles. The van der Waals surface area contributed by atoms with Gasteiger partial charge in [0, 0.05) is 5.69 Å². The third kappa shape index (κ3) is 5.19. The van der Waals surface area contributed by atoms with Gasteiger partial charge in [-0.25, -0.2) is 4.79 Å². The van der Waals surface area contributed by atoms with Crippen LogP contribution in [0.3, 0.4) is 0 Å². The first-order valence-corrected chi connectivity index (χ1v) is 9.35. The summed E-state index contributed by atoms with van der Waals surface area (Å²) in [6.45, 7) is 3.92. The van der Waals surface area contributed by atoms with Crippen LogP contribution in [0.4, 0.5) is 5.69 Å². The molecule has 1 aromatic heterocycles. The Bertz CT molecular complexity index is 1190. The Labute approximate surface area is 179 Å². The van der Waals surface area contributed by atoms with Crippen molar-refractivity contribution in [2.75, 3.05) is 12.4 Å². The standard InChI is InChI=1S/C24H20N2O5/c1-15-6-8-19(11-16(15)2)26-23(27)18(14-25)12-17-7-9-20(22(13-17)29-3)31-24(28)21-5-4-10-30-21/h4-13H,1-3H3,(H,26,27)/b18-12+. The van der Waals surface area contributed by atoms with Crippen LogP contribution in [0, 0.1) is 25.2 Å². The summed E-state index contributed by atoms with van der Waals surface area (Å²) in [6.07, 6.45) is 2.80. The minimum Gasteiger partial charge on any atom is -0.493 e. The Kier molecular flexibility index (Phi) is 6.53. The number of ether oxygens (including phenoxy) is 2. The smallest absolute Gasteiger partial charge is 0.379 e. The van der Waals surface area contributed by atoms with Gasteiger partial charge in [-0.2, -0.15) is 5.26 Å². The van der Waals surface area contributed by atoms with Crippen molar-refractivity contribution < 1.29 is 23.5 Å². The van der Waals surface area contributed by atoms with E-state index in [9.17, 15) is 14.9 Å². The Morgan fingerprint density at radius 1 is 1.06 bits per heavy atom. The molecule has 3 aromatic rings. The van der Waals surface area contributed by atoms with Gasteiger partial charge in [0.05, 0.1) is 13.4 Å². The molecule has 31 heavy (non-hydrogen) atoms. The van der Waals surface area contributed by atoms with Gasteiger partial charge in [0.15, 0.2) is 11.5 Å². The predicted molar refractivity (Wildman–Crippen MR) is 115 cm³/mol. The largest absolute Gasteiger partial charge is 0.493 e. The Morgan fingerprint density at radius 3 is 2.52 bits per heavy atom. The molecule has 7 nitrogen and oxygen atoms in total. The Balaban J connectivity index is 1.80. The van der Waals surface area contributed by atoms with E-state index in [2.05, 4.69) is 5.32 Å². The molecule has 0 bridgehead atoms. The van der Waals surface area contributed by atoms with Gasteiger partial charge in [-0.05, 0) is 73.0 Å². The van der Waals surface area contributed by atoms with Crippen molar-refractivity contribution >= 4 is 23.6 Å². The van der Waals surface area contributed by atoms with Gasteiger partial charge in [-0.1, -0.05) is 12.1 Å². The summed E-state index contributed by atoms with van der Waals surface area (Å²) >= 11 is 0. The average molecular weight is 416 g/mol. The quantitative estimate of drug-likeness (QED) is 0.271. The number of hydrogen-bond donors (Lipinski definition) is 1. The summed E-state index contributed by atoms with van der Waals surface area (Å²) in [7, 11) is 1.42. The molecule has 0 spiro atoms. The molecule has 0 fully saturated rings. The van der Waals surface area contributed by atoms with E-state index in [0.717, 1.165) is 11.1 Å².